The predicted molar refractivity (Wildman–Crippen MR) is 60.9 cm³/mol. The molecule has 1 saturated heterocycles. The standard InChI is InChI=1S/C11H17F3N4/c12-11(13,14)8-18-5-1-9(2-6-18)17-7-10-15-3-4-16-10/h3-4,9,17H,1-2,5-8H2,(H,15,16). The number of aromatic nitrogens is 2. The molecule has 0 bridgehead atoms. The number of halogens is 3. The normalized spacial score (nSPS) is 19.3. The van der Waals surface area contributed by atoms with Crippen LogP contribution in [0, 0.1) is 0 Å². The van der Waals surface area contributed by atoms with Gasteiger partial charge >= 0.3 is 6.18 Å². The first kappa shape index (κ1) is 13.4. The van der Waals surface area contributed by atoms with E-state index < -0.39 is 12.7 Å². The number of aromatic amines is 1. The van der Waals surface area contributed by atoms with Crippen LogP contribution >= 0.6 is 0 Å². The van der Waals surface area contributed by atoms with Crippen LogP contribution in [0.25, 0.3) is 0 Å². The molecular formula is C11H17F3N4. The molecule has 7 heteroatoms. The maximum absolute atomic E-state index is 12.2. The van der Waals surface area contributed by atoms with Crippen molar-refractivity contribution in [3.63, 3.8) is 0 Å². The van der Waals surface area contributed by atoms with Crippen LogP contribution in [0.3, 0.4) is 0 Å². The SMILES string of the molecule is FC(F)(F)CN1CCC(NCc2ncc[nH]2)CC1. The van der Waals surface area contributed by atoms with Crippen LogP contribution in [0.5, 0.6) is 0 Å². The summed E-state index contributed by atoms with van der Waals surface area (Å²) in [5, 5.41) is 3.31. The van der Waals surface area contributed by atoms with Crippen LogP contribution in [0.1, 0.15) is 18.7 Å². The smallest absolute Gasteiger partial charge is 0.348 e. The average Bonchev–Trinajstić information content (AvgIpc) is 2.79. The Morgan fingerprint density at radius 3 is 2.67 bits per heavy atom. The Morgan fingerprint density at radius 2 is 2.11 bits per heavy atom. The highest BCUT2D eigenvalue weighted by molar-refractivity contribution is 4.88. The molecule has 0 radical (unpaired) electrons. The van der Waals surface area contributed by atoms with E-state index in [9.17, 15) is 13.2 Å². The third-order valence-electron chi connectivity index (χ3n) is 3.10. The van der Waals surface area contributed by atoms with Gasteiger partial charge < -0.3 is 10.3 Å². The van der Waals surface area contributed by atoms with Gasteiger partial charge in [-0.25, -0.2) is 4.98 Å². The molecular weight excluding hydrogens is 245 g/mol. The summed E-state index contributed by atoms with van der Waals surface area (Å²) in [7, 11) is 0. The molecule has 2 heterocycles. The summed E-state index contributed by atoms with van der Waals surface area (Å²) in [6, 6.07) is 0.277. The van der Waals surface area contributed by atoms with Crippen molar-refractivity contribution in [1.82, 2.24) is 20.2 Å². The van der Waals surface area contributed by atoms with Gasteiger partial charge in [0.1, 0.15) is 5.82 Å². The van der Waals surface area contributed by atoms with Crippen molar-refractivity contribution < 1.29 is 13.2 Å². The molecule has 4 nitrogen and oxygen atoms in total. The molecule has 102 valence electrons. The lowest BCUT2D eigenvalue weighted by Gasteiger charge is -2.32. The van der Waals surface area contributed by atoms with Gasteiger partial charge in [-0.2, -0.15) is 13.2 Å². The van der Waals surface area contributed by atoms with Gasteiger partial charge in [-0.3, -0.25) is 4.90 Å². The second-order valence-corrected chi connectivity index (χ2v) is 4.58. The fraction of sp³-hybridized carbons (Fsp3) is 0.727. The van der Waals surface area contributed by atoms with Crippen LogP contribution in [0.15, 0.2) is 12.4 Å². The Morgan fingerprint density at radius 1 is 1.39 bits per heavy atom. The van der Waals surface area contributed by atoms with Crippen LogP contribution in [-0.2, 0) is 6.54 Å². The van der Waals surface area contributed by atoms with Crippen LogP contribution in [0.2, 0.25) is 0 Å². The second kappa shape index (κ2) is 5.71. The molecule has 0 spiro atoms. The highest BCUT2D eigenvalue weighted by Gasteiger charge is 2.32. The maximum Gasteiger partial charge on any atom is 0.401 e. The molecule has 0 atom stereocenters. The van der Waals surface area contributed by atoms with Gasteiger partial charge in [-0.1, -0.05) is 0 Å². The fourth-order valence-corrected chi connectivity index (χ4v) is 2.18. The van der Waals surface area contributed by atoms with E-state index in [1.807, 2.05) is 0 Å². The van der Waals surface area contributed by atoms with Gasteiger partial charge in [0, 0.05) is 18.4 Å². The predicted octanol–water partition coefficient (Wildman–Crippen LogP) is 1.53. The topological polar surface area (TPSA) is 44.0 Å². The van der Waals surface area contributed by atoms with Gasteiger partial charge in [-0.15, -0.1) is 0 Å². The van der Waals surface area contributed by atoms with E-state index in [1.165, 1.54) is 4.90 Å². The Hall–Kier alpha value is -1.08. The summed E-state index contributed by atoms with van der Waals surface area (Å²) in [5.41, 5.74) is 0. The van der Waals surface area contributed by atoms with Crippen molar-refractivity contribution in [2.24, 2.45) is 0 Å². The van der Waals surface area contributed by atoms with Crippen molar-refractivity contribution >= 4 is 0 Å². The minimum atomic E-state index is -4.09. The van der Waals surface area contributed by atoms with Crippen molar-refractivity contribution in [1.29, 1.82) is 0 Å². The number of imidazole rings is 1. The average molecular weight is 262 g/mol. The summed E-state index contributed by atoms with van der Waals surface area (Å²) < 4.78 is 36.6. The molecule has 1 aliphatic rings. The summed E-state index contributed by atoms with van der Waals surface area (Å²) in [5.74, 6) is 0.854. The molecule has 1 fully saturated rings. The lowest BCUT2D eigenvalue weighted by atomic mass is 10.1. The van der Waals surface area contributed by atoms with E-state index in [-0.39, 0.29) is 6.04 Å². The first-order valence-corrected chi connectivity index (χ1v) is 6.04. The van der Waals surface area contributed by atoms with Gasteiger partial charge in [0.25, 0.3) is 0 Å². The zero-order chi connectivity index (χ0) is 13.0. The summed E-state index contributed by atoms with van der Waals surface area (Å²) >= 11 is 0. The quantitative estimate of drug-likeness (QED) is 0.864. The Bertz CT molecular complexity index is 342. The number of rotatable bonds is 4. The summed E-state index contributed by atoms with van der Waals surface area (Å²) in [6.45, 7) is 0.833. The molecule has 0 saturated carbocycles. The summed E-state index contributed by atoms with van der Waals surface area (Å²) in [6.07, 6.45) is 0.841. The molecule has 2 rings (SSSR count). The first-order valence-electron chi connectivity index (χ1n) is 6.04. The third kappa shape index (κ3) is 4.30. The van der Waals surface area contributed by atoms with Crippen molar-refractivity contribution in [3.05, 3.63) is 18.2 Å². The number of alkyl halides is 3. The summed E-state index contributed by atoms with van der Waals surface area (Å²) in [4.78, 5) is 8.53. The Balaban J connectivity index is 1.67. The van der Waals surface area contributed by atoms with E-state index in [4.69, 9.17) is 0 Å². The van der Waals surface area contributed by atoms with Crippen molar-refractivity contribution in [3.8, 4) is 0 Å². The van der Waals surface area contributed by atoms with E-state index in [0.717, 1.165) is 18.7 Å². The highest BCUT2D eigenvalue weighted by atomic mass is 19.4. The molecule has 2 N–H and O–H groups in total. The monoisotopic (exact) mass is 262 g/mol. The van der Waals surface area contributed by atoms with Gasteiger partial charge in [0.15, 0.2) is 0 Å². The zero-order valence-electron chi connectivity index (χ0n) is 10.0. The first-order chi connectivity index (χ1) is 8.53. The maximum atomic E-state index is 12.2. The lowest BCUT2D eigenvalue weighted by Crippen LogP contribution is -2.45. The fourth-order valence-electron chi connectivity index (χ4n) is 2.18. The van der Waals surface area contributed by atoms with E-state index >= 15 is 0 Å². The molecule has 0 aromatic carbocycles. The van der Waals surface area contributed by atoms with Crippen LogP contribution in [-0.4, -0.2) is 46.7 Å². The van der Waals surface area contributed by atoms with E-state index in [1.54, 1.807) is 12.4 Å². The lowest BCUT2D eigenvalue weighted by molar-refractivity contribution is -0.148. The minimum Gasteiger partial charge on any atom is -0.348 e. The Labute approximate surface area is 104 Å². The number of hydrogen-bond acceptors (Lipinski definition) is 3. The largest absolute Gasteiger partial charge is 0.401 e. The number of likely N-dealkylation sites (tertiary alicyclic amines) is 1. The second-order valence-electron chi connectivity index (χ2n) is 4.58. The van der Waals surface area contributed by atoms with Gasteiger partial charge in [0.05, 0.1) is 13.1 Å². The minimum absolute atomic E-state index is 0.277. The number of H-pyrrole nitrogens is 1. The van der Waals surface area contributed by atoms with Gasteiger partial charge in [-0.05, 0) is 25.9 Å². The van der Waals surface area contributed by atoms with Crippen molar-refractivity contribution in [2.75, 3.05) is 19.6 Å². The number of nitrogens with one attached hydrogen (secondary N) is 2. The molecule has 1 aromatic rings. The molecule has 1 aliphatic heterocycles. The molecule has 18 heavy (non-hydrogen) atoms. The third-order valence-corrected chi connectivity index (χ3v) is 3.10. The molecule has 0 unspecified atom stereocenters. The molecule has 1 aromatic heterocycles. The highest BCUT2D eigenvalue weighted by Crippen LogP contribution is 2.19. The number of piperidine rings is 1. The Kier molecular flexibility index (Phi) is 4.23. The van der Waals surface area contributed by atoms with Crippen molar-refractivity contribution in [2.45, 2.75) is 31.6 Å². The van der Waals surface area contributed by atoms with E-state index in [0.29, 0.717) is 19.6 Å². The van der Waals surface area contributed by atoms with Gasteiger partial charge in [0.2, 0.25) is 0 Å². The number of nitrogens with zero attached hydrogens (tertiary/aromatic N) is 2. The number of hydrogen-bond donors (Lipinski definition) is 2. The van der Waals surface area contributed by atoms with E-state index in [2.05, 4.69) is 15.3 Å². The van der Waals surface area contributed by atoms with Crippen LogP contribution in [0.4, 0.5) is 13.2 Å². The zero-order valence-corrected chi connectivity index (χ0v) is 10.0. The molecule has 0 amide bonds. The molecule has 0 aliphatic carbocycles. The van der Waals surface area contributed by atoms with Crippen LogP contribution < -0.4 is 5.32 Å².